The van der Waals surface area contributed by atoms with Crippen molar-refractivity contribution < 1.29 is 9.59 Å². The first-order valence-corrected chi connectivity index (χ1v) is 9.75. The van der Waals surface area contributed by atoms with Gasteiger partial charge in [-0.05, 0) is 30.3 Å². The predicted octanol–water partition coefficient (Wildman–Crippen LogP) is 3.81. The third-order valence-corrected chi connectivity index (χ3v) is 4.40. The van der Waals surface area contributed by atoms with Gasteiger partial charge in [0.2, 0.25) is 5.91 Å². The van der Waals surface area contributed by atoms with Crippen LogP contribution in [0.5, 0.6) is 0 Å². The Morgan fingerprint density at radius 2 is 1.63 bits per heavy atom. The first-order valence-electron chi connectivity index (χ1n) is 9.75. The predicted molar refractivity (Wildman–Crippen MR) is 116 cm³/mol. The fourth-order valence-electron chi connectivity index (χ4n) is 2.57. The van der Waals surface area contributed by atoms with Crippen LogP contribution in [-0.4, -0.2) is 31.6 Å². The fraction of sp³-hybridized carbons (Fsp3) is 0.318. The van der Waals surface area contributed by atoms with Gasteiger partial charge >= 0.3 is 0 Å². The fourth-order valence-corrected chi connectivity index (χ4v) is 2.57. The van der Waals surface area contributed by atoms with E-state index in [0.29, 0.717) is 23.0 Å². The number of hydrogen-bond donors (Lipinski definition) is 2. The molecule has 0 fully saturated rings. The molecule has 1 aromatic carbocycles. The Labute approximate surface area is 175 Å². The van der Waals surface area contributed by atoms with Gasteiger partial charge in [0, 0.05) is 41.0 Å². The van der Waals surface area contributed by atoms with E-state index in [1.54, 1.807) is 42.7 Å². The molecule has 156 valence electrons. The van der Waals surface area contributed by atoms with Crippen LogP contribution >= 0.6 is 0 Å². The molecule has 0 spiro atoms. The van der Waals surface area contributed by atoms with E-state index in [1.165, 1.54) is 4.68 Å². The highest BCUT2D eigenvalue weighted by molar-refractivity contribution is 6.04. The Hall–Kier alpha value is -3.55. The van der Waals surface area contributed by atoms with Crippen molar-refractivity contribution in [2.45, 2.75) is 40.0 Å². The van der Waals surface area contributed by atoms with Crippen LogP contribution in [0, 0.1) is 5.92 Å². The van der Waals surface area contributed by atoms with Gasteiger partial charge in [-0.1, -0.05) is 34.6 Å². The molecule has 0 aliphatic heterocycles. The van der Waals surface area contributed by atoms with Crippen molar-refractivity contribution in [3.05, 3.63) is 60.0 Å². The summed E-state index contributed by atoms with van der Waals surface area (Å²) in [5.41, 5.74) is 1.69. The minimum Gasteiger partial charge on any atom is -0.326 e. The van der Waals surface area contributed by atoms with Crippen LogP contribution in [0.2, 0.25) is 0 Å². The van der Waals surface area contributed by atoms with Crippen molar-refractivity contribution in [3.8, 4) is 5.95 Å². The van der Waals surface area contributed by atoms with Gasteiger partial charge in [-0.25, -0.2) is 9.97 Å². The van der Waals surface area contributed by atoms with E-state index in [9.17, 15) is 9.59 Å². The Balaban J connectivity index is 1.84. The van der Waals surface area contributed by atoms with E-state index in [0.717, 1.165) is 5.69 Å². The summed E-state index contributed by atoms with van der Waals surface area (Å²) in [7, 11) is 0. The van der Waals surface area contributed by atoms with Gasteiger partial charge in [0.25, 0.3) is 11.9 Å². The summed E-state index contributed by atoms with van der Waals surface area (Å²) in [5, 5.41) is 10.3. The van der Waals surface area contributed by atoms with Gasteiger partial charge in [-0.15, -0.1) is 0 Å². The zero-order valence-electron chi connectivity index (χ0n) is 17.8. The molecule has 0 bridgehead atoms. The number of hydrogen-bond acceptors (Lipinski definition) is 5. The molecule has 0 unspecified atom stereocenters. The highest BCUT2D eigenvalue weighted by atomic mass is 16.2. The molecule has 3 aromatic rings. The summed E-state index contributed by atoms with van der Waals surface area (Å²) < 4.78 is 1.52. The van der Waals surface area contributed by atoms with Gasteiger partial charge in [-0.3, -0.25) is 9.59 Å². The number of nitrogens with one attached hydrogen (secondary N) is 2. The van der Waals surface area contributed by atoms with Crippen molar-refractivity contribution in [2.24, 2.45) is 5.92 Å². The van der Waals surface area contributed by atoms with Crippen LogP contribution in [0.3, 0.4) is 0 Å². The molecular weight excluding hydrogens is 380 g/mol. The third-order valence-electron chi connectivity index (χ3n) is 4.40. The second-order valence-corrected chi connectivity index (χ2v) is 8.30. The minimum absolute atomic E-state index is 0.0753. The summed E-state index contributed by atoms with van der Waals surface area (Å²) in [5.74, 6) is 0.358. The van der Waals surface area contributed by atoms with E-state index in [2.05, 4.69) is 25.7 Å². The number of rotatable bonds is 5. The number of carbonyl (C=O) groups excluding carboxylic acids is 2. The molecule has 2 amide bonds. The summed E-state index contributed by atoms with van der Waals surface area (Å²) in [6, 6.07) is 10.3. The van der Waals surface area contributed by atoms with Crippen molar-refractivity contribution in [1.82, 2.24) is 19.7 Å². The average Bonchev–Trinajstić information content (AvgIpc) is 3.13. The maximum atomic E-state index is 12.8. The van der Waals surface area contributed by atoms with E-state index >= 15 is 0 Å². The first-order chi connectivity index (χ1) is 14.1. The van der Waals surface area contributed by atoms with Gasteiger partial charge in [-0.2, -0.15) is 9.78 Å². The van der Waals surface area contributed by atoms with E-state index in [1.807, 2.05) is 40.7 Å². The van der Waals surface area contributed by atoms with E-state index < -0.39 is 0 Å². The first kappa shape index (κ1) is 21.2. The molecule has 3 rings (SSSR count). The third kappa shape index (κ3) is 4.89. The van der Waals surface area contributed by atoms with Crippen LogP contribution < -0.4 is 10.6 Å². The SMILES string of the molecule is CC(C)C(=O)Nc1ccc(C(=O)Nc2cc(C(C)(C)C)nn2-c2ncccn2)cc1. The number of anilines is 2. The van der Waals surface area contributed by atoms with Gasteiger partial charge in [0.1, 0.15) is 5.82 Å². The second-order valence-electron chi connectivity index (χ2n) is 8.30. The molecule has 0 aliphatic rings. The molecule has 30 heavy (non-hydrogen) atoms. The molecule has 2 heterocycles. The number of benzene rings is 1. The van der Waals surface area contributed by atoms with Gasteiger partial charge in [0.05, 0.1) is 5.69 Å². The quantitative estimate of drug-likeness (QED) is 0.671. The van der Waals surface area contributed by atoms with E-state index in [4.69, 9.17) is 0 Å². The maximum Gasteiger partial charge on any atom is 0.256 e. The molecule has 8 nitrogen and oxygen atoms in total. The van der Waals surface area contributed by atoms with Crippen LogP contribution in [0.15, 0.2) is 48.8 Å². The minimum atomic E-state index is -0.297. The lowest BCUT2D eigenvalue weighted by atomic mass is 9.92. The van der Waals surface area contributed by atoms with Crippen molar-refractivity contribution in [1.29, 1.82) is 0 Å². The molecular formula is C22H26N6O2. The summed E-state index contributed by atoms with van der Waals surface area (Å²) in [4.78, 5) is 33.1. The van der Waals surface area contributed by atoms with Crippen LogP contribution in [-0.2, 0) is 10.2 Å². The lowest BCUT2D eigenvalue weighted by Gasteiger charge is -2.13. The molecule has 2 N–H and O–H groups in total. The zero-order chi connectivity index (χ0) is 21.9. The Morgan fingerprint density at radius 1 is 1.00 bits per heavy atom. The van der Waals surface area contributed by atoms with Gasteiger partial charge in [0.15, 0.2) is 0 Å². The topological polar surface area (TPSA) is 102 Å². The number of nitrogens with zero attached hydrogens (tertiary/aromatic N) is 4. The van der Waals surface area contributed by atoms with Gasteiger partial charge < -0.3 is 10.6 Å². The smallest absolute Gasteiger partial charge is 0.256 e. The molecule has 0 saturated heterocycles. The molecule has 0 aliphatic carbocycles. The highest BCUT2D eigenvalue weighted by Gasteiger charge is 2.22. The van der Waals surface area contributed by atoms with E-state index in [-0.39, 0.29) is 23.1 Å². The number of aromatic nitrogens is 4. The van der Waals surface area contributed by atoms with Crippen molar-refractivity contribution >= 4 is 23.3 Å². The molecule has 0 atom stereocenters. The average molecular weight is 406 g/mol. The summed E-state index contributed by atoms with van der Waals surface area (Å²) >= 11 is 0. The Kier molecular flexibility index (Phi) is 5.96. The summed E-state index contributed by atoms with van der Waals surface area (Å²) in [6.45, 7) is 9.77. The normalized spacial score (nSPS) is 11.4. The molecule has 0 radical (unpaired) electrons. The lowest BCUT2D eigenvalue weighted by Crippen LogP contribution is -2.18. The van der Waals surface area contributed by atoms with Crippen molar-refractivity contribution in [2.75, 3.05) is 10.6 Å². The van der Waals surface area contributed by atoms with Crippen LogP contribution in [0.25, 0.3) is 5.95 Å². The second kappa shape index (κ2) is 8.44. The molecule has 0 saturated carbocycles. The largest absolute Gasteiger partial charge is 0.326 e. The highest BCUT2D eigenvalue weighted by Crippen LogP contribution is 2.25. The Morgan fingerprint density at radius 3 is 2.20 bits per heavy atom. The van der Waals surface area contributed by atoms with Crippen LogP contribution in [0.4, 0.5) is 11.5 Å². The number of carbonyl (C=O) groups is 2. The molecule has 8 heteroatoms. The summed E-state index contributed by atoms with van der Waals surface area (Å²) in [6.07, 6.45) is 3.24. The lowest BCUT2D eigenvalue weighted by molar-refractivity contribution is -0.118. The van der Waals surface area contributed by atoms with Crippen molar-refractivity contribution in [3.63, 3.8) is 0 Å². The maximum absolute atomic E-state index is 12.8. The Bertz CT molecular complexity index is 1030. The monoisotopic (exact) mass is 406 g/mol. The number of amides is 2. The standard InChI is InChI=1S/C22H26N6O2/c1-14(2)19(29)25-16-9-7-15(8-10-16)20(30)26-18-13-17(22(3,4)5)27-28(18)21-23-11-6-12-24-21/h6-14H,1-5H3,(H,25,29)(H,26,30). The molecule has 2 aromatic heterocycles. The zero-order valence-corrected chi connectivity index (χ0v) is 17.8. The van der Waals surface area contributed by atoms with Crippen LogP contribution in [0.1, 0.15) is 50.7 Å².